The third-order valence-electron chi connectivity index (χ3n) is 5.09. The Morgan fingerprint density at radius 2 is 1.92 bits per heavy atom. The first kappa shape index (κ1) is 18.9. The summed E-state index contributed by atoms with van der Waals surface area (Å²) in [7, 11) is 8.06. The Balaban J connectivity index is 2.10. The van der Waals surface area contributed by atoms with E-state index in [1.807, 2.05) is 31.1 Å². The molecule has 1 fully saturated rings. The molecule has 0 aromatic heterocycles. The van der Waals surface area contributed by atoms with Crippen LogP contribution in [-0.2, 0) is 9.53 Å². The molecule has 5 heteroatoms. The van der Waals surface area contributed by atoms with E-state index in [0.29, 0.717) is 6.54 Å². The molecule has 0 bridgehead atoms. The zero-order chi connectivity index (χ0) is 17.7. The highest BCUT2D eigenvalue weighted by Crippen LogP contribution is 2.26. The second-order valence-corrected chi connectivity index (χ2v) is 7.23. The van der Waals surface area contributed by atoms with Crippen LogP contribution in [0.5, 0.6) is 0 Å². The predicted octanol–water partition coefficient (Wildman–Crippen LogP) is 1.82. The summed E-state index contributed by atoms with van der Waals surface area (Å²) in [5.74, 6) is 0.0540. The maximum absolute atomic E-state index is 12.9. The van der Waals surface area contributed by atoms with Gasteiger partial charge in [0.05, 0.1) is 0 Å². The molecule has 1 aliphatic heterocycles. The summed E-state index contributed by atoms with van der Waals surface area (Å²) < 4.78 is 5.50. The average molecular weight is 333 g/mol. The number of hydrogen-bond acceptors (Lipinski definition) is 4. The first-order chi connectivity index (χ1) is 11.4. The van der Waals surface area contributed by atoms with Gasteiger partial charge in [0.1, 0.15) is 6.04 Å². The molecule has 24 heavy (non-hydrogen) atoms. The quantitative estimate of drug-likeness (QED) is 0.863. The maximum atomic E-state index is 12.9. The Hall–Kier alpha value is -1.43. The average Bonchev–Trinajstić information content (AvgIpc) is 2.53. The monoisotopic (exact) mass is 333 g/mol. The maximum Gasteiger partial charge on any atom is 0.242 e. The fourth-order valence-corrected chi connectivity index (χ4v) is 3.41. The lowest BCUT2D eigenvalue weighted by Crippen LogP contribution is -2.56. The van der Waals surface area contributed by atoms with Gasteiger partial charge < -0.3 is 15.0 Å². The van der Waals surface area contributed by atoms with Crippen molar-refractivity contribution in [1.29, 1.82) is 0 Å². The Morgan fingerprint density at radius 3 is 2.46 bits per heavy atom. The van der Waals surface area contributed by atoms with Gasteiger partial charge in [-0.2, -0.15) is 0 Å². The van der Waals surface area contributed by atoms with E-state index < -0.39 is 0 Å². The van der Waals surface area contributed by atoms with Crippen LogP contribution in [0.4, 0.5) is 0 Å². The number of nitrogens with zero attached hydrogens (tertiary/aromatic N) is 2. The Labute approximate surface area is 146 Å². The summed E-state index contributed by atoms with van der Waals surface area (Å²) >= 11 is 0. The molecule has 1 amide bonds. The first-order valence-electron chi connectivity index (χ1n) is 8.62. The molecule has 0 radical (unpaired) electrons. The summed E-state index contributed by atoms with van der Waals surface area (Å²) in [5, 5.41) is 3.20. The van der Waals surface area contributed by atoms with Gasteiger partial charge in [0.15, 0.2) is 0 Å². The van der Waals surface area contributed by atoms with E-state index in [1.165, 1.54) is 5.56 Å². The van der Waals surface area contributed by atoms with Gasteiger partial charge in [-0.1, -0.05) is 29.8 Å². The van der Waals surface area contributed by atoms with Gasteiger partial charge in [0, 0.05) is 25.3 Å². The fraction of sp³-hybridized carbons (Fsp3) is 0.632. The van der Waals surface area contributed by atoms with Crippen molar-refractivity contribution in [2.24, 2.45) is 0 Å². The number of amides is 1. The van der Waals surface area contributed by atoms with Crippen molar-refractivity contribution in [3.8, 4) is 0 Å². The summed E-state index contributed by atoms with van der Waals surface area (Å²) in [6, 6.07) is 7.89. The second-order valence-electron chi connectivity index (χ2n) is 7.23. The van der Waals surface area contributed by atoms with Crippen LogP contribution >= 0.6 is 0 Å². The molecule has 2 rings (SSSR count). The van der Waals surface area contributed by atoms with Gasteiger partial charge in [-0.15, -0.1) is 0 Å². The van der Waals surface area contributed by atoms with Gasteiger partial charge in [-0.05, 0) is 53.5 Å². The van der Waals surface area contributed by atoms with Crippen LogP contribution in [-0.4, -0.2) is 69.2 Å². The van der Waals surface area contributed by atoms with Crippen molar-refractivity contribution in [2.45, 2.75) is 31.3 Å². The molecule has 1 saturated heterocycles. The minimum absolute atomic E-state index is 0.0165. The van der Waals surface area contributed by atoms with E-state index in [4.69, 9.17) is 4.74 Å². The van der Waals surface area contributed by atoms with Gasteiger partial charge in [-0.3, -0.25) is 9.69 Å². The van der Waals surface area contributed by atoms with Gasteiger partial charge >= 0.3 is 0 Å². The third-order valence-corrected chi connectivity index (χ3v) is 5.09. The largest absolute Gasteiger partial charge is 0.381 e. The fourth-order valence-electron chi connectivity index (χ4n) is 3.41. The number of rotatable bonds is 6. The summed E-state index contributed by atoms with van der Waals surface area (Å²) in [6.45, 7) is 4.21. The molecule has 0 aliphatic carbocycles. The normalized spacial score (nSPS) is 18.6. The highest BCUT2D eigenvalue weighted by Gasteiger charge is 2.36. The van der Waals surface area contributed by atoms with Crippen molar-refractivity contribution in [1.82, 2.24) is 15.1 Å². The molecular weight excluding hydrogens is 302 g/mol. The van der Waals surface area contributed by atoms with Crippen LogP contribution in [0.2, 0.25) is 0 Å². The highest BCUT2D eigenvalue weighted by molar-refractivity contribution is 5.83. The molecule has 0 spiro atoms. The van der Waals surface area contributed by atoms with Crippen molar-refractivity contribution in [3.05, 3.63) is 35.4 Å². The van der Waals surface area contributed by atoms with Crippen molar-refractivity contribution >= 4 is 5.91 Å². The van der Waals surface area contributed by atoms with Crippen LogP contribution in [0.15, 0.2) is 24.3 Å². The van der Waals surface area contributed by atoms with E-state index in [1.54, 1.807) is 0 Å². The van der Waals surface area contributed by atoms with Crippen molar-refractivity contribution < 1.29 is 9.53 Å². The van der Waals surface area contributed by atoms with Gasteiger partial charge in [0.2, 0.25) is 5.91 Å². The molecule has 1 aromatic rings. The number of hydrogen-bond donors (Lipinski definition) is 1. The van der Waals surface area contributed by atoms with Crippen molar-refractivity contribution in [3.63, 3.8) is 0 Å². The molecule has 134 valence electrons. The van der Waals surface area contributed by atoms with Crippen LogP contribution in [0.1, 0.15) is 30.0 Å². The first-order valence-corrected chi connectivity index (χ1v) is 8.62. The summed E-state index contributed by atoms with van der Waals surface area (Å²) in [6.07, 6.45) is 1.88. The van der Waals surface area contributed by atoms with E-state index >= 15 is 0 Å². The van der Waals surface area contributed by atoms with E-state index in [2.05, 4.69) is 43.4 Å². The highest BCUT2D eigenvalue weighted by atomic mass is 16.5. The van der Waals surface area contributed by atoms with Crippen LogP contribution in [0.3, 0.4) is 0 Å². The number of likely N-dealkylation sites (N-methyl/N-ethyl adjacent to an activating group) is 2. The number of ether oxygens (including phenoxy) is 1. The van der Waals surface area contributed by atoms with Crippen molar-refractivity contribution in [2.75, 3.05) is 47.9 Å². The van der Waals surface area contributed by atoms with Crippen LogP contribution in [0.25, 0.3) is 0 Å². The van der Waals surface area contributed by atoms with E-state index in [9.17, 15) is 4.79 Å². The molecule has 1 atom stereocenters. The summed E-state index contributed by atoms with van der Waals surface area (Å²) in [4.78, 5) is 17.1. The summed E-state index contributed by atoms with van der Waals surface area (Å²) in [5.41, 5.74) is 2.18. The zero-order valence-corrected chi connectivity index (χ0v) is 15.6. The molecular formula is C19H31N3O2. The van der Waals surface area contributed by atoms with Gasteiger partial charge in [-0.25, -0.2) is 0 Å². The lowest BCUT2D eigenvalue weighted by molar-refractivity contribution is -0.126. The topological polar surface area (TPSA) is 44.8 Å². The van der Waals surface area contributed by atoms with E-state index in [0.717, 1.165) is 31.6 Å². The van der Waals surface area contributed by atoms with Crippen LogP contribution in [0, 0.1) is 6.92 Å². The van der Waals surface area contributed by atoms with E-state index in [-0.39, 0.29) is 17.5 Å². The zero-order valence-electron chi connectivity index (χ0n) is 15.6. The molecule has 1 heterocycles. The third kappa shape index (κ3) is 4.35. The predicted molar refractivity (Wildman–Crippen MR) is 97.1 cm³/mol. The molecule has 1 aromatic carbocycles. The lowest BCUT2D eigenvalue weighted by atomic mass is 9.88. The molecule has 5 nitrogen and oxygen atoms in total. The Bertz CT molecular complexity index is 551. The number of carbonyl (C=O) groups is 1. The Morgan fingerprint density at radius 1 is 1.25 bits per heavy atom. The molecule has 0 unspecified atom stereocenters. The molecule has 1 aliphatic rings. The number of nitrogens with one attached hydrogen (secondary N) is 1. The lowest BCUT2D eigenvalue weighted by Gasteiger charge is -2.43. The standard InChI is InChI=1S/C19H31N3O2/c1-15-7-6-8-16(13-15)17(21(2)3)18(23)20-14-19(22(4)5)9-11-24-12-10-19/h6-8,13,17H,9-12,14H2,1-5H3,(H,20,23)/t17-/m1/s1. The number of carbonyl (C=O) groups excluding carboxylic acids is 1. The minimum Gasteiger partial charge on any atom is -0.381 e. The molecule has 0 saturated carbocycles. The SMILES string of the molecule is Cc1cccc([C@H](C(=O)NCC2(N(C)C)CCOCC2)N(C)C)c1. The smallest absolute Gasteiger partial charge is 0.242 e. The number of aryl methyl sites for hydroxylation is 1. The number of benzene rings is 1. The molecule has 1 N–H and O–H groups in total. The van der Waals surface area contributed by atoms with Gasteiger partial charge in [0.25, 0.3) is 0 Å². The van der Waals surface area contributed by atoms with Crippen LogP contribution < -0.4 is 5.32 Å². The minimum atomic E-state index is -0.274. The Kier molecular flexibility index (Phi) is 6.38. The second kappa shape index (κ2) is 8.10.